The third kappa shape index (κ3) is 18.5. The van der Waals surface area contributed by atoms with Crippen LogP contribution in [0.3, 0.4) is 0 Å². The Balaban J connectivity index is 0.000000484. The van der Waals surface area contributed by atoms with Crippen molar-refractivity contribution in [3.8, 4) is 40.9 Å². The number of fused-ring (bicyclic) bond motifs is 5. The van der Waals surface area contributed by atoms with Gasteiger partial charge < -0.3 is 45.2 Å². The van der Waals surface area contributed by atoms with Crippen molar-refractivity contribution in [2.24, 2.45) is 21.5 Å². The molecular weight excluding hydrogens is 1060 g/mol. The van der Waals surface area contributed by atoms with Crippen LogP contribution in [-0.4, -0.2) is 88.1 Å². The SMILES string of the molecule is C.C.COc1ccc2c(C#N)nccc2c1.COc1ccc2c(C#N)nccc2c1.COc1ccc2c(C(=O)O)nccc2c1.COc1ccc2c(C(=O)O)nccc2c1.COc1ccc2c(Cl)nccc2c1.N=N/N=N/N.[Na+].[OH-]. The van der Waals surface area contributed by atoms with Gasteiger partial charge in [0.2, 0.25) is 0 Å². The summed E-state index contributed by atoms with van der Waals surface area (Å²) in [6.07, 6.45) is 7.89. The van der Waals surface area contributed by atoms with Crippen molar-refractivity contribution >= 4 is 77.4 Å². The minimum atomic E-state index is -1.02. The van der Waals surface area contributed by atoms with Gasteiger partial charge in [-0.2, -0.15) is 16.1 Å². The molecule has 5 heterocycles. The van der Waals surface area contributed by atoms with Gasteiger partial charge in [-0.15, -0.1) is 0 Å². The fourth-order valence-electron chi connectivity index (χ4n) is 6.92. The summed E-state index contributed by atoms with van der Waals surface area (Å²) < 4.78 is 25.4. The zero-order chi connectivity index (χ0) is 55.0. The first-order chi connectivity index (χ1) is 36.9. The van der Waals surface area contributed by atoms with Gasteiger partial charge in [0.1, 0.15) is 57.4 Å². The van der Waals surface area contributed by atoms with E-state index in [-0.39, 0.29) is 61.3 Å². The maximum atomic E-state index is 10.9. The van der Waals surface area contributed by atoms with Crippen molar-refractivity contribution in [2.75, 3.05) is 35.5 Å². The maximum absolute atomic E-state index is 10.9. The first-order valence-corrected chi connectivity index (χ1v) is 22.3. The third-order valence-corrected chi connectivity index (χ3v) is 10.8. The number of nitrogens with one attached hydrogen (secondary N) is 1. The van der Waals surface area contributed by atoms with Crippen molar-refractivity contribution in [2.45, 2.75) is 14.9 Å². The summed E-state index contributed by atoms with van der Waals surface area (Å²) in [5.41, 5.74) is 6.92. The smallest absolute Gasteiger partial charge is 0.870 e. The van der Waals surface area contributed by atoms with E-state index in [0.717, 1.165) is 60.3 Å². The van der Waals surface area contributed by atoms with Crippen molar-refractivity contribution in [3.05, 3.63) is 180 Å². The number of carboxylic acid groups (broad SMARTS) is 2. The molecule has 0 spiro atoms. The van der Waals surface area contributed by atoms with Crippen molar-refractivity contribution in [1.82, 2.24) is 24.9 Å². The van der Waals surface area contributed by atoms with Crippen LogP contribution in [0.4, 0.5) is 0 Å². The molecule has 5 aromatic heterocycles. The molecule has 406 valence electrons. The number of ether oxygens (including phenoxy) is 5. The molecule has 0 bridgehead atoms. The summed E-state index contributed by atoms with van der Waals surface area (Å²) in [5.74, 6) is 6.14. The van der Waals surface area contributed by atoms with Gasteiger partial charge in [-0.25, -0.2) is 34.5 Å². The number of rotatable bonds is 8. The van der Waals surface area contributed by atoms with Crippen LogP contribution in [0, 0.1) is 28.2 Å². The van der Waals surface area contributed by atoms with E-state index < -0.39 is 11.9 Å². The number of halogens is 1. The number of nitrogens with two attached hydrogens (primary N) is 1. The fraction of sp³-hybridized carbons (Fsp3) is 0.125. The van der Waals surface area contributed by atoms with Gasteiger partial charge in [0, 0.05) is 57.9 Å². The summed E-state index contributed by atoms with van der Waals surface area (Å²) in [6, 6.07) is 40.5. The molecule has 0 saturated carbocycles. The molecule has 0 unspecified atom stereocenters. The molecule has 0 saturated heterocycles. The second-order valence-corrected chi connectivity index (χ2v) is 15.2. The van der Waals surface area contributed by atoms with Gasteiger partial charge in [0.25, 0.3) is 0 Å². The molecule has 5 aromatic carbocycles. The number of benzene rings is 5. The van der Waals surface area contributed by atoms with Gasteiger partial charge in [-0.3, -0.25) is 0 Å². The molecule has 6 N–H and O–H groups in total. The molecule has 10 aromatic rings. The standard InChI is InChI=1S/2C11H8N2O.2C11H9NO3.C10H8ClNO.2CH4.H3N5.Na.H2O/c2*1-14-9-2-3-10-8(6-9)4-5-13-11(10)7-12;2*1-15-8-2-3-9-7(6-8)4-5-12-10(9)11(13)14;1-13-8-2-3-9-7(6-8)4-5-12-10(9)11;;;1-3-5-4-2;;/h2*2-6H,1H3;2*2-6H,1H3,(H,13,14);2-6H,1H3;2*1H4;(H3,1,2,5);;1H2/q;;;;;;;;+1;/p-1. The molecule has 0 radical (unpaired) electrons. The zero-order valence-corrected chi connectivity index (χ0v) is 45.3. The largest absolute Gasteiger partial charge is 1.00 e. The number of hydrogen-bond acceptors (Lipinski definition) is 17. The molecule has 0 aliphatic heterocycles. The Bertz CT molecular complexity index is 3600. The first-order valence-electron chi connectivity index (χ1n) is 21.9. The van der Waals surface area contributed by atoms with Gasteiger partial charge >= 0.3 is 41.5 Å². The minimum Gasteiger partial charge on any atom is -0.870 e. The van der Waals surface area contributed by atoms with Crippen molar-refractivity contribution in [3.63, 3.8) is 0 Å². The summed E-state index contributed by atoms with van der Waals surface area (Å²) in [7, 11) is 8.02. The van der Waals surface area contributed by atoms with E-state index in [1.165, 1.54) is 12.4 Å². The number of methoxy groups -OCH3 is 5. The van der Waals surface area contributed by atoms with Crippen LogP contribution in [0.2, 0.25) is 5.15 Å². The van der Waals surface area contributed by atoms with E-state index in [1.54, 1.807) is 103 Å². The molecule has 0 aliphatic rings. The quantitative estimate of drug-likeness (QED) is 0.0362. The summed E-state index contributed by atoms with van der Waals surface area (Å²) in [6.45, 7) is 0. The van der Waals surface area contributed by atoms with E-state index in [2.05, 4.69) is 58.6 Å². The van der Waals surface area contributed by atoms with Crippen molar-refractivity contribution in [1.29, 1.82) is 16.1 Å². The molecule has 10 rings (SSSR count). The molecule has 0 atom stereocenters. The Labute approximate surface area is 487 Å². The van der Waals surface area contributed by atoms with E-state index in [1.807, 2.05) is 72.8 Å². The summed E-state index contributed by atoms with van der Waals surface area (Å²) in [4.78, 5) is 41.3. The molecule has 0 aliphatic carbocycles. The van der Waals surface area contributed by atoms with E-state index in [4.69, 9.17) is 61.6 Å². The summed E-state index contributed by atoms with van der Waals surface area (Å²) in [5, 5.41) is 52.2. The monoisotopic (exact) mass is 1110 g/mol. The number of aromatic carboxylic acids is 2. The summed E-state index contributed by atoms with van der Waals surface area (Å²) >= 11 is 5.90. The Kier molecular flexibility index (Phi) is 29.8. The predicted molar refractivity (Wildman–Crippen MR) is 299 cm³/mol. The minimum absolute atomic E-state index is 0. The van der Waals surface area contributed by atoms with Gasteiger partial charge in [0.05, 0.1) is 35.5 Å². The number of carboxylic acids is 2. The number of carbonyl (C=O) groups is 2. The number of aromatic nitrogens is 5. The average molecular weight is 1110 g/mol. The maximum Gasteiger partial charge on any atom is 1.00 e. The van der Waals surface area contributed by atoms with Crippen LogP contribution in [0.1, 0.15) is 47.2 Å². The predicted octanol–water partition coefficient (Wildman–Crippen LogP) is 9.37. The molecular formula is C56H54ClN12NaO10. The second kappa shape index (κ2) is 34.9. The van der Waals surface area contributed by atoms with E-state index >= 15 is 0 Å². The molecule has 22 nitrogen and oxygen atoms in total. The Hall–Kier alpha value is -9.68. The van der Waals surface area contributed by atoms with Gasteiger partial charge in [-0.05, 0) is 159 Å². The van der Waals surface area contributed by atoms with Crippen LogP contribution in [-0.2, 0) is 0 Å². The Morgan fingerprint density at radius 1 is 0.500 bits per heavy atom. The molecule has 0 fully saturated rings. The van der Waals surface area contributed by atoms with Crippen LogP contribution in [0.5, 0.6) is 28.7 Å². The molecule has 80 heavy (non-hydrogen) atoms. The third-order valence-electron chi connectivity index (χ3n) is 10.5. The molecule has 24 heteroatoms. The fourth-order valence-corrected chi connectivity index (χ4v) is 7.15. The Morgan fingerprint density at radius 3 is 1.05 bits per heavy atom. The van der Waals surface area contributed by atoms with Crippen molar-refractivity contribution < 1.29 is 78.5 Å². The first kappa shape index (κ1) is 68.3. The topological polar surface area (TPSA) is 350 Å². The Morgan fingerprint density at radius 2 is 0.775 bits per heavy atom. The van der Waals surface area contributed by atoms with Crippen LogP contribution < -0.4 is 59.1 Å². The number of hydrogen-bond donors (Lipinski definition) is 4. The van der Waals surface area contributed by atoms with Gasteiger partial charge in [-0.1, -0.05) is 31.7 Å². The second-order valence-electron chi connectivity index (χ2n) is 14.8. The number of nitrogens with zero attached hydrogens (tertiary/aromatic N) is 10. The normalized spacial score (nSPS) is 9.45. The zero-order valence-electron chi connectivity index (χ0n) is 42.6. The number of nitriles is 2. The van der Waals surface area contributed by atoms with E-state index in [0.29, 0.717) is 38.8 Å². The van der Waals surface area contributed by atoms with Crippen LogP contribution in [0.15, 0.2) is 168 Å². The van der Waals surface area contributed by atoms with Crippen LogP contribution in [0.25, 0.3) is 53.9 Å². The number of pyridine rings is 5. The van der Waals surface area contributed by atoms with Crippen LogP contribution >= 0.6 is 11.6 Å². The molecule has 0 amide bonds. The average Bonchev–Trinajstić information content (AvgIpc) is 3.46. The van der Waals surface area contributed by atoms with E-state index in [9.17, 15) is 9.59 Å². The van der Waals surface area contributed by atoms with Gasteiger partial charge in [0.15, 0.2) is 11.4 Å².